The van der Waals surface area contributed by atoms with Gasteiger partial charge in [0.15, 0.2) is 0 Å². The number of carbonyl (C=O) groups is 1. The molecule has 0 unspecified atom stereocenters. The monoisotopic (exact) mass is 344 g/mol. The molecular formula is C13H20N4O5S. The molecular weight excluding hydrogens is 324 g/mol. The Morgan fingerprint density at radius 2 is 2.04 bits per heavy atom. The quantitative estimate of drug-likeness (QED) is 0.676. The zero-order valence-electron chi connectivity index (χ0n) is 13.3. The summed E-state index contributed by atoms with van der Waals surface area (Å²) < 4.78 is 34.5. The lowest BCUT2D eigenvalue weighted by Gasteiger charge is -2.20. The molecule has 9 nitrogen and oxygen atoms in total. The van der Waals surface area contributed by atoms with E-state index in [0.29, 0.717) is 19.5 Å². The number of sulfonamides is 1. The molecule has 0 radical (unpaired) electrons. The van der Waals surface area contributed by atoms with Crippen LogP contribution < -0.4 is 9.47 Å². The average Bonchev–Trinajstić information content (AvgIpc) is 2.95. The van der Waals surface area contributed by atoms with Gasteiger partial charge in [-0.3, -0.25) is 4.79 Å². The molecule has 1 aliphatic rings. The van der Waals surface area contributed by atoms with E-state index in [1.807, 2.05) is 0 Å². The summed E-state index contributed by atoms with van der Waals surface area (Å²) >= 11 is 0. The number of likely N-dealkylation sites (N-methyl/N-ethyl adjacent to an activating group) is 1. The Morgan fingerprint density at radius 1 is 1.39 bits per heavy atom. The summed E-state index contributed by atoms with van der Waals surface area (Å²) in [6, 6.07) is 0. The molecule has 2 rings (SSSR count). The van der Waals surface area contributed by atoms with Crippen molar-refractivity contribution in [2.45, 2.75) is 12.5 Å². The molecule has 1 aliphatic heterocycles. The van der Waals surface area contributed by atoms with Crippen LogP contribution in [0.15, 0.2) is 12.4 Å². The highest BCUT2D eigenvalue weighted by molar-refractivity contribution is 7.88. The van der Waals surface area contributed by atoms with Crippen LogP contribution in [0.5, 0.6) is 11.8 Å². The maximum absolute atomic E-state index is 12.1. The molecule has 1 saturated heterocycles. The van der Waals surface area contributed by atoms with Crippen LogP contribution in [0.2, 0.25) is 0 Å². The number of likely N-dealkylation sites (tertiary alicyclic amines) is 1. The second-order valence-electron chi connectivity index (χ2n) is 5.26. The van der Waals surface area contributed by atoms with Crippen LogP contribution in [0.25, 0.3) is 0 Å². The fraction of sp³-hybridized carbons (Fsp3) is 0.615. The van der Waals surface area contributed by atoms with Gasteiger partial charge in [0.05, 0.1) is 26.5 Å². The van der Waals surface area contributed by atoms with Gasteiger partial charge in [-0.2, -0.15) is 4.31 Å². The molecule has 1 fully saturated rings. The molecule has 1 atom stereocenters. The van der Waals surface area contributed by atoms with E-state index in [9.17, 15) is 13.2 Å². The Kier molecular flexibility index (Phi) is 5.37. The molecule has 1 aromatic rings. The number of nitrogens with zero attached hydrogens (tertiary/aromatic N) is 4. The third kappa shape index (κ3) is 4.52. The largest absolute Gasteiger partial charge is 0.477 e. The minimum atomic E-state index is -3.38. The van der Waals surface area contributed by atoms with Crippen molar-refractivity contribution in [3.8, 4) is 11.8 Å². The number of rotatable bonds is 6. The smallest absolute Gasteiger partial charge is 0.278 e. The lowest BCUT2D eigenvalue weighted by Crippen LogP contribution is -2.40. The zero-order valence-corrected chi connectivity index (χ0v) is 14.1. The first-order chi connectivity index (χ1) is 10.8. The van der Waals surface area contributed by atoms with Crippen molar-refractivity contribution < 1.29 is 22.7 Å². The van der Waals surface area contributed by atoms with Gasteiger partial charge in [-0.1, -0.05) is 0 Å². The molecule has 0 spiro atoms. The maximum atomic E-state index is 12.1. The summed E-state index contributed by atoms with van der Waals surface area (Å²) in [6.45, 7) is 0.694. The number of hydrogen-bond donors (Lipinski definition) is 0. The number of hydrogen-bond acceptors (Lipinski definition) is 7. The van der Waals surface area contributed by atoms with Crippen LogP contribution in [-0.4, -0.2) is 79.6 Å². The lowest BCUT2D eigenvalue weighted by molar-refractivity contribution is -0.130. The predicted molar refractivity (Wildman–Crippen MR) is 81.7 cm³/mol. The molecule has 10 heteroatoms. The number of amides is 1. The first-order valence-electron chi connectivity index (χ1n) is 7.02. The molecule has 0 bridgehead atoms. The van der Waals surface area contributed by atoms with Crippen molar-refractivity contribution in [2.75, 3.05) is 40.0 Å². The van der Waals surface area contributed by atoms with Gasteiger partial charge < -0.3 is 14.4 Å². The van der Waals surface area contributed by atoms with Gasteiger partial charge in [-0.25, -0.2) is 18.4 Å². The van der Waals surface area contributed by atoms with Crippen molar-refractivity contribution in [3.05, 3.63) is 12.4 Å². The van der Waals surface area contributed by atoms with E-state index >= 15 is 0 Å². The van der Waals surface area contributed by atoms with E-state index in [-0.39, 0.29) is 30.3 Å². The highest BCUT2D eigenvalue weighted by atomic mass is 32.2. The van der Waals surface area contributed by atoms with Crippen molar-refractivity contribution in [3.63, 3.8) is 0 Å². The van der Waals surface area contributed by atoms with Crippen molar-refractivity contribution >= 4 is 15.9 Å². The Morgan fingerprint density at radius 3 is 2.65 bits per heavy atom. The maximum Gasteiger partial charge on any atom is 0.278 e. The summed E-state index contributed by atoms with van der Waals surface area (Å²) in [6.07, 6.45) is 4.46. The Balaban J connectivity index is 1.92. The third-order valence-corrected chi connectivity index (χ3v) is 4.79. The fourth-order valence-corrected chi connectivity index (χ4v) is 2.49. The molecule has 1 aromatic heterocycles. The van der Waals surface area contributed by atoms with Crippen LogP contribution in [0.4, 0.5) is 0 Å². The second kappa shape index (κ2) is 7.09. The molecule has 0 aromatic carbocycles. The van der Waals surface area contributed by atoms with Crippen LogP contribution >= 0.6 is 0 Å². The van der Waals surface area contributed by atoms with E-state index in [1.165, 1.54) is 26.6 Å². The Labute approximate surface area is 135 Å². The van der Waals surface area contributed by atoms with E-state index in [2.05, 4.69) is 9.97 Å². The Hall–Kier alpha value is -1.94. The summed E-state index contributed by atoms with van der Waals surface area (Å²) in [4.78, 5) is 21.8. The number of ether oxygens (including phenoxy) is 2. The molecule has 0 saturated carbocycles. The highest BCUT2D eigenvalue weighted by Crippen LogP contribution is 2.23. The summed E-state index contributed by atoms with van der Waals surface area (Å²) in [5.41, 5.74) is 0. The molecule has 0 aliphatic carbocycles. The molecule has 1 amide bonds. The Bertz CT molecular complexity index is 666. The minimum absolute atomic E-state index is 0.181. The topological polar surface area (TPSA) is 102 Å². The van der Waals surface area contributed by atoms with Gasteiger partial charge in [0.25, 0.3) is 11.8 Å². The molecule has 128 valence electrons. The third-order valence-electron chi connectivity index (χ3n) is 3.53. The summed E-state index contributed by atoms with van der Waals surface area (Å²) in [5.74, 6) is 0.312. The second-order valence-corrected chi connectivity index (χ2v) is 7.35. The normalized spacial score (nSPS) is 18.3. The average molecular weight is 344 g/mol. The van der Waals surface area contributed by atoms with Gasteiger partial charge >= 0.3 is 0 Å². The summed E-state index contributed by atoms with van der Waals surface area (Å²) in [7, 11) is -0.527. The fourth-order valence-electron chi connectivity index (χ4n) is 2.15. The van der Waals surface area contributed by atoms with Gasteiger partial charge in [0.2, 0.25) is 15.9 Å². The molecule has 23 heavy (non-hydrogen) atoms. The minimum Gasteiger partial charge on any atom is -0.477 e. The van der Waals surface area contributed by atoms with Crippen LogP contribution in [0.3, 0.4) is 0 Å². The predicted octanol–water partition coefficient (Wildman–Crippen LogP) is -0.644. The van der Waals surface area contributed by atoms with E-state index in [4.69, 9.17) is 9.47 Å². The number of aromatic nitrogens is 2. The molecule has 0 N–H and O–H groups in total. The zero-order chi connectivity index (χ0) is 17.0. The number of methoxy groups -OCH3 is 1. The van der Waals surface area contributed by atoms with E-state index < -0.39 is 10.0 Å². The van der Waals surface area contributed by atoms with Crippen molar-refractivity contribution in [2.24, 2.45) is 0 Å². The first-order valence-corrected chi connectivity index (χ1v) is 8.87. The van der Waals surface area contributed by atoms with Crippen LogP contribution in [0, 0.1) is 0 Å². The summed E-state index contributed by atoms with van der Waals surface area (Å²) in [5, 5.41) is 0. The van der Waals surface area contributed by atoms with Crippen molar-refractivity contribution in [1.29, 1.82) is 0 Å². The van der Waals surface area contributed by atoms with Crippen LogP contribution in [0.1, 0.15) is 6.42 Å². The standard InChI is InChI=1S/C13H20N4O5S/c1-16(23(3,19)20)9-11(18)17-7-4-10(8-17)22-13-12(21-2)14-5-6-15-13/h5-6,10H,4,7-9H2,1-3H3/t10-/m1/s1. The van der Waals surface area contributed by atoms with Gasteiger partial charge in [-0.05, 0) is 0 Å². The van der Waals surface area contributed by atoms with Gasteiger partial charge in [0, 0.05) is 32.4 Å². The lowest BCUT2D eigenvalue weighted by atomic mass is 10.3. The van der Waals surface area contributed by atoms with E-state index in [0.717, 1.165) is 10.6 Å². The van der Waals surface area contributed by atoms with Crippen molar-refractivity contribution in [1.82, 2.24) is 19.2 Å². The SMILES string of the molecule is COc1nccnc1O[C@@H]1CCN(C(=O)CN(C)S(C)(=O)=O)C1. The van der Waals surface area contributed by atoms with Gasteiger partial charge in [0.1, 0.15) is 6.10 Å². The highest BCUT2D eigenvalue weighted by Gasteiger charge is 2.30. The molecule has 2 heterocycles. The number of carbonyl (C=O) groups excluding carboxylic acids is 1. The van der Waals surface area contributed by atoms with E-state index in [1.54, 1.807) is 4.90 Å². The van der Waals surface area contributed by atoms with Crippen LogP contribution in [-0.2, 0) is 14.8 Å². The van der Waals surface area contributed by atoms with Gasteiger partial charge in [-0.15, -0.1) is 0 Å². The first kappa shape index (κ1) is 17.4.